The molecule has 1 heterocycles. The van der Waals surface area contributed by atoms with E-state index in [1.807, 2.05) is 24.3 Å². The highest BCUT2D eigenvalue weighted by Gasteiger charge is 2.33. The number of hydrogen-bond acceptors (Lipinski definition) is 4. The van der Waals surface area contributed by atoms with Gasteiger partial charge in [-0.1, -0.05) is 35.9 Å². The topological polar surface area (TPSA) is 77.8 Å². The molecule has 4 nitrogen and oxygen atoms in total. The average Bonchev–Trinajstić information content (AvgIpc) is 2.23. The fourth-order valence-electron chi connectivity index (χ4n) is 1.47. The van der Waals surface area contributed by atoms with E-state index < -0.39 is 5.54 Å². The molecule has 1 aromatic rings. The van der Waals surface area contributed by atoms with Crippen LogP contribution in [0.4, 0.5) is 0 Å². The lowest BCUT2D eigenvalue weighted by Gasteiger charge is -2.31. The van der Waals surface area contributed by atoms with Crippen LogP contribution in [-0.4, -0.2) is 16.2 Å². The van der Waals surface area contributed by atoms with Crippen molar-refractivity contribution in [1.29, 1.82) is 0 Å². The third kappa shape index (κ3) is 1.79. The predicted octanol–water partition coefficient (Wildman–Crippen LogP) is 0.737. The molecule has 0 amide bonds. The van der Waals surface area contributed by atoms with Crippen LogP contribution >= 0.6 is 11.6 Å². The Morgan fingerprint density at radius 2 is 2.07 bits per heavy atom. The van der Waals surface area contributed by atoms with Crippen molar-refractivity contribution < 1.29 is 0 Å². The smallest absolute Gasteiger partial charge is 0.151 e. The molecule has 1 aliphatic carbocycles. The van der Waals surface area contributed by atoms with Crippen LogP contribution in [0.3, 0.4) is 0 Å². The predicted molar refractivity (Wildman–Crippen MR) is 59.2 cm³/mol. The first-order chi connectivity index (χ1) is 7.13. The van der Waals surface area contributed by atoms with Crippen LogP contribution in [0.5, 0.6) is 0 Å². The van der Waals surface area contributed by atoms with Crippen LogP contribution in [0.1, 0.15) is 5.69 Å². The molecule has 2 atom stereocenters. The summed E-state index contributed by atoms with van der Waals surface area (Å²) >= 11 is 5.65. The van der Waals surface area contributed by atoms with E-state index in [2.05, 4.69) is 10.2 Å². The quantitative estimate of drug-likeness (QED) is 0.735. The van der Waals surface area contributed by atoms with Gasteiger partial charge in [-0.05, 0) is 12.1 Å². The van der Waals surface area contributed by atoms with E-state index in [-0.39, 0.29) is 6.04 Å². The van der Waals surface area contributed by atoms with Crippen LogP contribution in [0.2, 0.25) is 5.15 Å². The molecule has 0 saturated heterocycles. The summed E-state index contributed by atoms with van der Waals surface area (Å²) in [7, 11) is 0. The van der Waals surface area contributed by atoms with Crippen molar-refractivity contribution in [2.24, 2.45) is 11.5 Å². The maximum atomic E-state index is 6.17. The molecule has 1 aliphatic rings. The third-order valence-corrected chi connectivity index (χ3v) is 2.63. The van der Waals surface area contributed by atoms with Gasteiger partial charge in [0.15, 0.2) is 5.15 Å². The lowest BCUT2D eigenvalue weighted by molar-refractivity contribution is 0.473. The van der Waals surface area contributed by atoms with E-state index in [4.69, 9.17) is 23.1 Å². The zero-order chi connectivity index (χ0) is 10.9. The van der Waals surface area contributed by atoms with Gasteiger partial charge in [-0.15, -0.1) is 5.10 Å². The number of nitrogens with zero attached hydrogens (tertiary/aromatic N) is 2. The van der Waals surface area contributed by atoms with Gasteiger partial charge >= 0.3 is 0 Å². The van der Waals surface area contributed by atoms with Gasteiger partial charge in [-0.2, -0.15) is 5.10 Å². The molecule has 0 bridgehead atoms. The Labute approximate surface area is 92.6 Å². The minimum Gasteiger partial charge on any atom is -0.322 e. The number of allylic oxidation sites excluding steroid dienone is 2. The number of aromatic nitrogens is 2. The fourth-order valence-corrected chi connectivity index (χ4v) is 1.57. The first kappa shape index (κ1) is 10.3. The first-order valence-electron chi connectivity index (χ1n) is 4.53. The van der Waals surface area contributed by atoms with E-state index in [0.29, 0.717) is 10.8 Å². The summed E-state index contributed by atoms with van der Waals surface area (Å²) in [6.07, 6.45) is 7.35. The van der Waals surface area contributed by atoms with Gasteiger partial charge in [0.1, 0.15) is 0 Å². The summed E-state index contributed by atoms with van der Waals surface area (Å²) < 4.78 is 0. The van der Waals surface area contributed by atoms with Gasteiger partial charge in [0.05, 0.1) is 17.3 Å². The van der Waals surface area contributed by atoms with Crippen molar-refractivity contribution in [3.05, 3.63) is 47.3 Å². The molecule has 2 rings (SSSR count). The second-order valence-electron chi connectivity index (χ2n) is 3.44. The van der Waals surface area contributed by atoms with Crippen molar-refractivity contribution >= 4 is 11.6 Å². The maximum Gasteiger partial charge on any atom is 0.151 e. The highest BCUT2D eigenvalue weighted by Crippen LogP contribution is 2.24. The van der Waals surface area contributed by atoms with Crippen LogP contribution < -0.4 is 11.5 Å². The fraction of sp³-hybridized carbons (Fsp3) is 0.200. The van der Waals surface area contributed by atoms with E-state index in [1.165, 1.54) is 0 Å². The zero-order valence-electron chi connectivity index (χ0n) is 7.97. The summed E-state index contributed by atoms with van der Waals surface area (Å²) in [4.78, 5) is 0. The monoisotopic (exact) mass is 222 g/mol. The van der Waals surface area contributed by atoms with Gasteiger partial charge in [0.25, 0.3) is 0 Å². The molecule has 0 aliphatic heterocycles. The Bertz CT molecular complexity index is 412. The Morgan fingerprint density at radius 3 is 2.67 bits per heavy atom. The molecule has 2 unspecified atom stereocenters. The van der Waals surface area contributed by atoms with Gasteiger partial charge in [-0.3, -0.25) is 0 Å². The largest absolute Gasteiger partial charge is 0.322 e. The highest BCUT2D eigenvalue weighted by atomic mass is 35.5. The summed E-state index contributed by atoms with van der Waals surface area (Å²) in [6.45, 7) is 0. The average molecular weight is 223 g/mol. The zero-order valence-corrected chi connectivity index (χ0v) is 8.72. The molecule has 0 spiro atoms. The van der Waals surface area contributed by atoms with Gasteiger partial charge in [0, 0.05) is 0 Å². The molecule has 4 N–H and O–H groups in total. The molecular weight excluding hydrogens is 212 g/mol. The Balaban J connectivity index is 2.41. The highest BCUT2D eigenvalue weighted by molar-refractivity contribution is 6.29. The lowest BCUT2D eigenvalue weighted by atomic mass is 9.84. The van der Waals surface area contributed by atoms with Crippen molar-refractivity contribution in [1.82, 2.24) is 10.2 Å². The molecule has 0 aromatic carbocycles. The molecule has 1 aromatic heterocycles. The number of hydrogen-bond donors (Lipinski definition) is 2. The molecule has 78 valence electrons. The minimum atomic E-state index is -0.799. The summed E-state index contributed by atoms with van der Waals surface area (Å²) in [5.41, 5.74) is 11.9. The van der Waals surface area contributed by atoms with Crippen LogP contribution in [0, 0.1) is 0 Å². The van der Waals surface area contributed by atoms with Crippen molar-refractivity contribution in [2.75, 3.05) is 0 Å². The van der Waals surface area contributed by atoms with Crippen LogP contribution in [-0.2, 0) is 5.54 Å². The minimum absolute atomic E-state index is 0.307. The van der Waals surface area contributed by atoms with E-state index in [0.717, 1.165) is 0 Å². The summed E-state index contributed by atoms with van der Waals surface area (Å²) in [6, 6.07) is 3.08. The molecule has 5 heteroatoms. The van der Waals surface area contributed by atoms with Gasteiger partial charge in [-0.25, -0.2) is 0 Å². The third-order valence-electron chi connectivity index (χ3n) is 2.43. The first-order valence-corrected chi connectivity index (χ1v) is 4.91. The lowest BCUT2D eigenvalue weighted by Crippen LogP contribution is -2.51. The Morgan fingerprint density at radius 1 is 1.27 bits per heavy atom. The molecule has 0 saturated carbocycles. The normalized spacial score (nSPS) is 29.4. The summed E-state index contributed by atoms with van der Waals surface area (Å²) in [5, 5.41) is 8.05. The van der Waals surface area contributed by atoms with Crippen molar-refractivity contribution in [2.45, 2.75) is 11.6 Å². The van der Waals surface area contributed by atoms with Crippen LogP contribution in [0.25, 0.3) is 0 Å². The second-order valence-corrected chi connectivity index (χ2v) is 3.83. The van der Waals surface area contributed by atoms with E-state index in [1.54, 1.807) is 12.1 Å². The summed E-state index contributed by atoms with van der Waals surface area (Å²) in [5.74, 6) is 0. The Hall–Kier alpha value is -1.23. The number of halogens is 1. The molecule has 0 fully saturated rings. The molecular formula is C10H11ClN4. The van der Waals surface area contributed by atoms with E-state index >= 15 is 0 Å². The van der Waals surface area contributed by atoms with Crippen molar-refractivity contribution in [3.8, 4) is 0 Å². The molecule has 0 radical (unpaired) electrons. The maximum absolute atomic E-state index is 6.17. The van der Waals surface area contributed by atoms with Gasteiger partial charge < -0.3 is 11.5 Å². The molecule has 15 heavy (non-hydrogen) atoms. The van der Waals surface area contributed by atoms with Gasteiger partial charge in [0.2, 0.25) is 0 Å². The van der Waals surface area contributed by atoms with Crippen LogP contribution in [0.15, 0.2) is 36.4 Å². The Kier molecular flexibility index (Phi) is 2.56. The van der Waals surface area contributed by atoms with Crippen molar-refractivity contribution in [3.63, 3.8) is 0 Å². The standard InChI is InChI=1S/C10H11ClN4/c11-9-5-4-8(14-15-9)10(13)6-2-1-3-7(10)12/h1-7H,12-13H2. The SMILES string of the molecule is NC1C=CC=CC1(N)c1ccc(Cl)nn1. The number of nitrogens with two attached hydrogens (primary N) is 2. The second kappa shape index (κ2) is 3.73. The van der Waals surface area contributed by atoms with E-state index in [9.17, 15) is 0 Å². The number of rotatable bonds is 1.